The number of nitrogens with zero attached hydrogens (tertiary/aromatic N) is 2. The van der Waals surface area contributed by atoms with Crippen LogP contribution in [0.3, 0.4) is 0 Å². The average molecular weight is 402 g/mol. The molecule has 0 aromatic heterocycles. The first kappa shape index (κ1) is 21.4. The van der Waals surface area contributed by atoms with Crippen molar-refractivity contribution in [1.29, 1.82) is 0 Å². The molecule has 1 aromatic carbocycles. The van der Waals surface area contributed by atoms with E-state index in [1.54, 1.807) is 0 Å². The topological polar surface area (TPSA) is 125 Å². The molecule has 0 fully saturated rings. The van der Waals surface area contributed by atoms with Gasteiger partial charge in [-0.25, -0.2) is 14.4 Å². The summed E-state index contributed by atoms with van der Waals surface area (Å²) in [6.07, 6.45) is 5.73. The molecule has 0 radical (unpaired) electrons. The molecule has 0 bridgehead atoms. The van der Waals surface area contributed by atoms with Crippen molar-refractivity contribution in [2.75, 3.05) is 26.2 Å². The summed E-state index contributed by atoms with van der Waals surface area (Å²) in [7, 11) is 3.41. The van der Waals surface area contributed by atoms with E-state index in [0.29, 0.717) is 0 Å². The van der Waals surface area contributed by atoms with E-state index in [9.17, 15) is 24.5 Å². The lowest BCUT2D eigenvalue weighted by Gasteiger charge is -2.23. The highest BCUT2D eigenvalue weighted by Crippen LogP contribution is 2.33. The Bertz CT molecular complexity index is 975. The van der Waals surface area contributed by atoms with Gasteiger partial charge in [0.25, 0.3) is 5.69 Å². The van der Waals surface area contributed by atoms with E-state index in [-0.39, 0.29) is 33.8 Å². The lowest BCUT2D eigenvalue weighted by molar-refractivity contribution is -0.385. The number of nitro groups is 1. The third kappa shape index (κ3) is 4.15. The van der Waals surface area contributed by atoms with Gasteiger partial charge in [0.05, 0.1) is 43.1 Å². The first-order chi connectivity index (χ1) is 13.8. The first-order valence-electron chi connectivity index (χ1n) is 8.19. The third-order valence-corrected chi connectivity index (χ3v) is 4.13. The Morgan fingerprint density at radius 1 is 0.966 bits per heavy atom. The fourth-order valence-electron chi connectivity index (χ4n) is 2.70. The minimum atomic E-state index is -0.885. The number of hydrogen-bond donors (Lipinski definition) is 0. The second-order valence-electron chi connectivity index (χ2n) is 5.70. The predicted octanol–water partition coefficient (Wildman–Crippen LogP) is 2.18. The standard InChI is InChI=1S/C19H18N2O8/c1-11-14(18(23)28-3)9-12(10-15(11)21(25)26)20-8-6-5-7-13(17(22)27-2)16(20)19(24)29-4/h5-10H,1-4H3. The monoisotopic (exact) mass is 402 g/mol. The number of ether oxygens (including phenoxy) is 3. The van der Waals surface area contributed by atoms with Gasteiger partial charge in [-0.2, -0.15) is 0 Å². The van der Waals surface area contributed by atoms with Crippen molar-refractivity contribution in [3.63, 3.8) is 0 Å². The summed E-state index contributed by atoms with van der Waals surface area (Å²) in [4.78, 5) is 48.9. The summed E-state index contributed by atoms with van der Waals surface area (Å²) >= 11 is 0. The normalized spacial score (nSPS) is 13.0. The molecule has 0 saturated carbocycles. The molecule has 0 saturated heterocycles. The van der Waals surface area contributed by atoms with Crippen LogP contribution in [0.2, 0.25) is 0 Å². The SMILES string of the molecule is COC(=O)C1=C(C(=O)OC)N(c2cc(C(=O)OC)c(C)c([N+](=O)[O-])c2)C=CC=C1. The van der Waals surface area contributed by atoms with E-state index < -0.39 is 22.8 Å². The molecule has 0 amide bonds. The van der Waals surface area contributed by atoms with Crippen LogP contribution in [0.4, 0.5) is 11.4 Å². The van der Waals surface area contributed by atoms with Crippen molar-refractivity contribution < 1.29 is 33.5 Å². The Balaban J connectivity index is 2.83. The summed E-state index contributed by atoms with van der Waals surface area (Å²) in [5.74, 6) is -2.49. The number of benzene rings is 1. The van der Waals surface area contributed by atoms with Crippen LogP contribution in [0.1, 0.15) is 15.9 Å². The molecule has 1 aromatic rings. The Morgan fingerprint density at radius 3 is 2.14 bits per heavy atom. The number of nitro benzene ring substituents is 1. The van der Waals surface area contributed by atoms with Crippen molar-refractivity contribution in [3.05, 3.63) is 69.1 Å². The van der Waals surface area contributed by atoms with Gasteiger partial charge in [-0.1, -0.05) is 6.08 Å². The third-order valence-electron chi connectivity index (χ3n) is 4.13. The van der Waals surface area contributed by atoms with Crippen molar-refractivity contribution in [1.82, 2.24) is 0 Å². The zero-order valence-corrected chi connectivity index (χ0v) is 16.1. The largest absolute Gasteiger partial charge is 0.465 e. The zero-order chi connectivity index (χ0) is 21.7. The van der Waals surface area contributed by atoms with Gasteiger partial charge < -0.3 is 19.1 Å². The Morgan fingerprint density at radius 2 is 1.59 bits per heavy atom. The highest BCUT2D eigenvalue weighted by molar-refractivity contribution is 6.06. The Kier molecular flexibility index (Phi) is 6.50. The molecular formula is C19H18N2O8. The molecule has 2 rings (SSSR count). The minimum absolute atomic E-state index is 0.0638. The summed E-state index contributed by atoms with van der Waals surface area (Å²) in [6.45, 7) is 1.41. The number of carbonyl (C=O) groups is 3. The van der Waals surface area contributed by atoms with Gasteiger partial charge in [0.2, 0.25) is 0 Å². The molecule has 10 heteroatoms. The van der Waals surface area contributed by atoms with Crippen LogP contribution in [0.5, 0.6) is 0 Å². The fourth-order valence-corrected chi connectivity index (χ4v) is 2.70. The molecule has 0 unspecified atom stereocenters. The van der Waals surface area contributed by atoms with Gasteiger partial charge in [0.1, 0.15) is 5.70 Å². The number of esters is 3. The average Bonchev–Trinajstić information content (AvgIpc) is 2.95. The number of allylic oxidation sites excluding steroid dienone is 2. The van der Waals surface area contributed by atoms with Crippen LogP contribution in [0, 0.1) is 17.0 Å². The lowest BCUT2D eigenvalue weighted by Crippen LogP contribution is -2.27. The van der Waals surface area contributed by atoms with Gasteiger partial charge in [-0.15, -0.1) is 0 Å². The summed E-state index contributed by atoms with van der Waals surface area (Å²) < 4.78 is 14.2. The molecule has 1 heterocycles. The number of carbonyl (C=O) groups excluding carboxylic acids is 3. The zero-order valence-electron chi connectivity index (χ0n) is 16.1. The molecule has 0 spiro atoms. The lowest BCUT2D eigenvalue weighted by atomic mass is 10.0. The van der Waals surface area contributed by atoms with E-state index in [2.05, 4.69) is 0 Å². The second kappa shape index (κ2) is 8.83. The van der Waals surface area contributed by atoms with Gasteiger partial charge in [0, 0.05) is 17.8 Å². The van der Waals surface area contributed by atoms with Gasteiger partial charge in [0.15, 0.2) is 0 Å². The molecule has 1 aliphatic rings. The maximum atomic E-state index is 12.5. The number of methoxy groups -OCH3 is 3. The fraction of sp³-hybridized carbons (Fsp3) is 0.211. The summed E-state index contributed by atoms with van der Waals surface area (Å²) in [5.41, 5.74) is -0.627. The Hall–Kier alpha value is -3.95. The maximum absolute atomic E-state index is 12.5. The highest BCUT2D eigenvalue weighted by Gasteiger charge is 2.30. The number of hydrogen-bond acceptors (Lipinski definition) is 9. The van der Waals surface area contributed by atoms with Crippen LogP contribution in [-0.2, 0) is 23.8 Å². The molecule has 10 nitrogen and oxygen atoms in total. The van der Waals surface area contributed by atoms with Crippen LogP contribution >= 0.6 is 0 Å². The molecule has 0 atom stereocenters. The van der Waals surface area contributed by atoms with Crippen molar-refractivity contribution >= 4 is 29.3 Å². The summed E-state index contributed by atoms with van der Waals surface area (Å²) in [6, 6.07) is 2.50. The molecule has 1 aliphatic heterocycles. The van der Waals surface area contributed by atoms with Gasteiger partial charge in [-0.3, -0.25) is 10.1 Å². The van der Waals surface area contributed by atoms with E-state index in [1.165, 1.54) is 48.4 Å². The van der Waals surface area contributed by atoms with E-state index in [1.807, 2.05) is 0 Å². The number of anilines is 1. The van der Waals surface area contributed by atoms with Crippen LogP contribution in [-0.4, -0.2) is 44.2 Å². The van der Waals surface area contributed by atoms with Crippen LogP contribution in [0.15, 0.2) is 47.8 Å². The predicted molar refractivity (Wildman–Crippen MR) is 101 cm³/mol. The van der Waals surface area contributed by atoms with Crippen LogP contribution in [0.25, 0.3) is 0 Å². The van der Waals surface area contributed by atoms with E-state index >= 15 is 0 Å². The maximum Gasteiger partial charge on any atom is 0.355 e. The van der Waals surface area contributed by atoms with Gasteiger partial charge in [-0.05, 0) is 25.1 Å². The van der Waals surface area contributed by atoms with E-state index in [4.69, 9.17) is 14.2 Å². The molecule has 0 aliphatic carbocycles. The van der Waals surface area contributed by atoms with Crippen molar-refractivity contribution in [2.45, 2.75) is 6.92 Å². The molecule has 29 heavy (non-hydrogen) atoms. The van der Waals surface area contributed by atoms with Crippen molar-refractivity contribution in [2.24, 2.45) is 0 Å². The highest BCUT2D eigenvalue weighted by atomic mass is 16.6. The Labute approximate surface area is 165 Å². The molecular weight excluding hydrogens is 384 g/mol. The second-order valence-corrected chi connectivity index (χ2v) is 5.70. The van der Waals surface area contributed by atoms with Crippen molar-refractivity contribution in [3.8, 4) is 0 Å². The molecule has 152 valence electrons. The number of rotatable bonds is 5. The summed E-state index contributed by atoms with van der Waals surface area (Å²) in [5, 5.41) is 11.5. The van der Waals surface area contributed by atoms with E-state index in [0.717, 1.165) is 21.3 Å². The quantitative estimate of drug-likeness (QED) is 0.315. The first-order valence-corrected chi connectivity index (χ1v) is 8.19. The van der Waals surface area contributed by atoms with Gasteiger partial charge >= 0.3 is 17.9 Å². The smallest absolute Gasteiger partial charge is 0.355 e. The molecule has 0 N–H and O–H groups in total. The minimum Gasteiger partial charge on any atom is -0.465 e. The van der Waals surface area contributed by atoms with Crippen LogP contribution < -0.4 is 4.90 Å².